The summed E-state index contributed by atoms with van der Waals surface area (Å²) in [5, 5.41) is 13.3. The van der Waals surface area contributed by atoms with Gasteiger partial charge in [0, 0.05) is 18.5 Å². The van der Waals surface area contributed by atoms with Gasteiger partial charge in [-0.1, -0.05) is 12.1 Å². The summed E-state index contributed by atoms with van der Waals surface area (Å²) in [6, 6.07) is 4.48. The van der Waals surface area contributed by atoms with Crippen molar-refractivity contribution in [1.29, 1.82) is 0 Å². The maximum absolute atomic E-state index is 12.0. The third-order valence-electron chi connectivity index (χ3n) is 2.40. The normalized spacial score (nSPS) is 10.1. The number of amides is 1. The van der Waals surface area contributed by atoms with Crippen LogP contribution in [0.4, 0.5) is 11.6 Å². The lowest BCUT2D eigenvalue weighted by molar-refractivity contribution is -0.385. The molecule has 0 saturated carbocycles. The Morgan fingerprint density at radius 3 is 2.89 bits per heavy atom. The zero-order chi connectivity index (χ0) is 13.1. The van der Waals surface area contributed by atoms with Crippen LogP contribution in [0.3, 0.4) is 0 Å². The molecule has 0 aliphatic carbocycles. The number of nitrogens with one attached hydrogen (secondary N) is 2. The number of nitrogens with zero attached hydrogens (tertiary/aromatic N) is 2. The first-order valence-corrected chi connectivity index (χ1v) is 5.14. The van der Waals surface area contributed by atoms with E-state index >= 15 is 0 Å². The van der Waals surface area contributed by atoms with Crippen LogP contribution >= 0.6 is 0 Å². The number of nitro benzene ring substituents is 1. The Balaban J connectivity index is 2.38. The van der Waals surface area contributed by atoms with Crippen LogP contribution in [0.15, 0.2) is 30.6 Å². The molecule has 0 aliphatic heterocycles. The van der Waals surface area contributed by atoms with E-state index in [4.69, 9.17) is 0 Å². The highest BCUT2D eigenvalue weighted by Gasteiger charge is 2.22. The van der Waals surface area contributed by atoms with Crippen LogP contribution in [0, 0.1) is 17.0 Å². The van der Waals surface area contributed by atoms with Gasteiger partial charge in [-0.3, -0.25) is 20.2 Å². The van der Waals surface area contributed by atoms with Gasteiger partial charge in [0.1, 0.15) is 5.56 Å². The van der Waals surface area contributed by atoms with Crippen LogP contribution in [0.5, 0.6) is 0 Å². The molecule has 0 atom stereocenters. The first-order chi connectivity index (χ1) is 8.59. The molecule has 2 rings (SSSR count). The molecule has 1 aromatic carbocycles. The molecular weight excluding hydrogens is 236 g/mol. The Hall–Kier alpha value is -2.70. The molecule has 0 radical (unpaired) electrons. The van der Waals surface area contributed by atoms with Crippen molar-refractivity contribution < 1.29 is 9.72 Å². The van der Waals surface area contributed by atoms with E-state index in [1.807, 2.05) is 0 Å². The van der Waals surface area contributed by atoms with Crippen molar-refractivity contribution in [3.05, 3.63) is 51.8 Å². The number of imidazole rings is 1. The fraction of sp³-hybridized carbons (Fsp3) is 0.0909. The molecule has 7 nitrogen and oxygen atoms in total. The van der Waals surface area contributed by atoms with E-state index in [0.717, 1.165) is 0 Å². The van der Waals surface area contributed by atoms with Gasteiger partial charge in [-0.05, 0) is 12.5 Å². The summed E-state index contributed by atoms with van der Waals surface area (Å²) in [6.45, 7) is 1.64. The smallest absolute Gasteiger partial charge is 0.282 e. The fourth-order valence-electron chi connectivity index (χ4n) is 1.60. The van der Waals surface area contributed by atoms with Crippen LogP contribution in [0.25, 0.3) is 0 Å². The second kappa shape index (κ2) is 4.66. The summed E-state index contributed by atoms with van der Waals surface area (Å²) in [7, 11) is 0. The third kappa shape index (κ3) is 2.19. The summed E-state index contributed by atoms with van der Waals surface area (Å²) in [5.74, 6) is -0.313. The van der Waals surface area contributed by atoms with Crippen LogP contribution < -0.4 is 5.32 Å². The maximum atomic E-state index is 12.0. The fourth-order valence-corrected chi connectivity index (χ4v) is 1.60. The van der Waals surface area contributed by atoms with Gasteiger partial charge in [-0.15, -0.1) is 0 Å². The molecule has 1 amide bonds. The molecule has 0 bridgehead atoms. The molecule has 0 aliphatic rings. The van der Waals surface area contributed by atoms with Crippen LogP contribution in [0.1, 0.15) is 15.9 Å². The largest absolute Gasteiger partial charge is 0.331 e. The van der Waals surface area contributed by atoms with Gasteiger partial charge >= 0.3 is 0 Å². The van der Waals surface area contributed by atoms with Crippen LogP contribution in [-0.2, 0) is 0 Å². The van der Waals surface area contributed by atoms with Gasteiger partial charge in [-0.2, -0.15) is 0 Å². The van der Waals surface area contributed by atoms with E-state index in [-0.39, 0.29) is 17.2 Å². The van der Waals surface area contributed by atoms with E-state index in [0.29, 0.717) is 5.56 Å². The molecule has 0 spiro atoms. The van der Waals surface area contributed by atoms with Gasteiger partial charge in [0.25, 0.3) is 11.6 Å². The SMILES string of the molecule is Cc1cccc([N+](=O)[O-])c1C(=O)Nc1ncc[nH]1. The maximum Gasteiger partial charge on any atom is 0.282 e. The van der Waals surface area contributed by atoms with E-state index in [1.54, 1.807) is 19.2 Å². The molecule has 1 heterocycles. The number of carbonyl (C=O) groups excluding carboxylic acids is 1. The number of nitro groups is 1. The minimum Gasteiger partial charge on any atom is -0.331 e. The number of hydrogen-bond acceptors (Lipinski definition) is 4. The Bertz CT molecular complexity index is 592. The highest BCUT2D eigenvalue weighted by Crippen LogP contribution is 2.22. The Morgan fingerprint density at radius 1 is 1.50 bits per heavy atom. The van der Waals surface area contributed by atoms with Gasteiger partial charge in [-0.25, -0.2) is 4.98 Å². The zero-order valence-corrected chi connectivity index (χ0v) is 9.51. The molecule has 7 heteroatoms. The number of hydrogen-bond donors (Lipinski definition) is 2. The minimum atomic E-state index is -0.579. The lowest BCUT2D eigenvalue weighted by Gasteiger charge is -2.06. The van der Waals surface area contributed by atoms with Crippen molar-refractivity contribution in [3.8, 4) is 0 Å². The van der Waals surface area contributed by atoms with E-state index in [9.17, 15) is 14.9 Å². The number of benzene rings is 1. The average molecular weight is 246 g/mol. The van der Waals surface area contributed by atoms with Crippen molar-refractivity contribution >= 4 is 17.5 Å². The monoisotopic (exact) mass is 246 g/mol. The van der Waals surface area contributed by atoms with Crippen molar-refractivity contribution in [2.75, 3.05) is 5.32 Å². The predicted octanol–water partition coefficient (Wildman–Crippen LogP) is 1.88. The van der Waals surface area contributed by atoms with Gasteiger partial charge in [0.2, 0.25) is 5.95 Å². The number of rotatable bonds is 3. The molecule has 18 heavy (non-hydrogen) atoms. The number of anilines is 1. The summed E-state index contributed by atoms with van der Waals surface area (Å²) in [4.78, 5) is 28.8. The van der Waals surface area contributed by atoms with Crippen LogP contribution in [0.2, 0.25) is 0 Å². The topological polar surface area (TPSA) is 101 Å². The first-order valence-electron chi connectivity index (χ1n) is 5.14. The highest BCUT2D eigenvalue weighted by atomic mass is 16.6. The highest BCUT2D eigenvalue weighted by molar-refractivity contribution is 6.07. The van der Waals surface area contributed by atoms with E-state index < -0.39 is 10.8 Å². The summed E-state index contributed by atoms with van der Waals surface area (Å²) < 4.78 is 0. The minimum absolute atomic E-state index is 0.0406. The van der Waals surface area contributed by atoms with E-state index in [1.165, 1.54) is 18.3 Å². The number of aryl methyl sites for hydroxylation is 1. The number of carbonyl (C=O) groups is 1. The molecule has 0 unspecified atom stereocenters. The lowest BCUT2D eigenvalue weighted by Crippen LogP contribution is -2.16. The van der Waals surface area contributed by atoms with Gasteiger partial charge < -0.3 is 4.98 Å². The number of aromatic nitrogens is 2. The quantitative estimate of drug-likeness (QED) is 0.637. The standard InChI is InChI=1S/C11H10N4O3/c1-7-3-2-4-8(15(17)18)9(7)10(16)14-11-12-5-6-13-11/h2-6H,1H3,(H2,12,13,14,16). The van der Waals surface area contributed by atoms with Gasteiger partial charge in [0.05, 0.1) is 4.92 Å². The Labute approximate surface area is 102 Å². The molecule has 0 fully saturated rings. The lowest BCUT2D eigenvalue weighted by atomic mass is 10.1. The average Bonchev–Trinajstić information content (AvgIpc) is 2.81. The zero-order valence-electron chi connectivity index (χ0n) is 9.51. The van der Waals surface area contributed by atoms with Crippen molar-refractivity contribution in [1.82, 2.24) is 9.97 Å². The van der Waals surface area contributed by atoms with Crippen molar-refractivity contribution in [3.63, 3.8) is 0 Å². The summed E-state index contributed by atoms with van der Waals surface area (Å²) in [6.07, 6.45) is 3.02. The van der Waals surface area contributed by atoms with Gasteiger partial charge in [0.15, 0.2) is 0 Å². The van der Waals surface area contributed by atoms with Crippen molar-refractivity contribution in [2.24, 2.45) is 0 Å². The number of H-pyrrole nitrogens is 1. The van der Waals surface area contributed by atoms with Crippen molar-refractivity contribution in [2.45, 2.75) is 6.92 Å². The third-order valence-corrected chi connectivity index (χ3v) is 2.40. The summed E-state index contributed by atoms with van der Waals surface area (Å²) in [5.41, 5.74) is 0.353. The molecule has 0 saturated heterocycles. The molecule has 1 aromatic heterocycles. The number of aromatic amines is 1. The molecule has 92 valence electrons. The second-order valence-corrected chi connectivity index (χ2v) is 3.62. The second-order valence-electron chi connectivity index (χ2n) is 3.62. The molecular formula is C11H10N4O3. The summed E-state index contributed by atoms with van der Waals surface area (Å²) >= 11 is 0. The molecule has 2 N–H and O–H groups in total. The Kier molecular flexibility index (Phi) is 3.05. The van der Waals surface area contributed by atoms with E-state index in [2.05, 4.69) is 15.3 Å². The first kappa shape index (κ1) is 11.8. The Morgan fingerprint density at radius 2 is 2.28 bits per heavy atom. The van der Waals surface area contributed by atoms with Crippen LogP contribution in [-0.4, -0.2) is 20.8 Å². The molecule has 2 aromatic rings. The predicted molar refractivity (Wildman–Crippen MR) is 64.4 cm³/mol.